The number of hydrogen-bond acceptors (Lipinski definition) is 3. The van der Waals surface area contributed by atoms with Crippen LogP contribution in [0.25, 0.3) is 0 Å². The second-order valence-corrected chi connectivity index (χ2v) is 13.0. The van der Waals surface area contributed by atoms with Crippen LogP contribution in [0.4, 0.5) is 0 Å². The Morgan fingerprint density at radius 3 is 2.37 bits per heavy atom. The van der Waals surface area contributed by atoms with Crippen LogP contribution in [0.3, 0.4) is 0 Å². The summed E-state index contributed by atoms with van der Waals surface area (Å²) < 4.78 is 0. The van der Waals surface area contributed by atoms with E-state index in [1.165, 1.54) is 29.5 Å². The normalized spacial score (nSPS) is 24.2. The van der Waals surface area contributed by atoms with Crippen LogP contribution in [0.2, 0.25) is 0 Å². The molecule has 4 atom stereocenters. The molecule has 2 saturated carbocycles. The summed E-state index contributed by atoms with van der Waals surface area (Å²) >= 11 is 0. The fourth-order valence-corrected chi connectivity index (χ4v) is 7.50. The monoisotopic (exact) mass is 556 g/mol. The van der Waals surface area contributed by atoms with Crippen molar-refractivity contribution < 1.29 is 14.7 Å². The fourth-order valence-electron chi connectivity index (χ4n) is 7.50. The summed E-state index contributed by atoms with van der Waals surface area (Å²) in [7, 11) is 0. The number of amides is 1. The Balaban J connectivity index is 1.18. The van der Waals surface area contributed by atoms with E-state index in [0.29, 0.717) is 30.7 Å². The zero-order valence-corrected chi connectivity index (χ0v) is 24.8. The SMILES string of the molecule is C=CCN(C(=O)CCc1ccc(C)cc1)C1CCN(C[C@H]2CC(C(CC3CC3)C(=O)O)C[C@@H]2c2ccccc2)CC1. The minimum absolute atomic E-state index is 0.206. The second kappa shape index (κ2) is 13.8. The molecule has 2 aromatic carbocycles. The topological polar surface area (TPSA) is 60.9 Å². The zero-order valence-electron chi connectivity index (χ0n) is 24.8. The molecule has 41 heavy (non-hydrogen) atoms. The number of likely N-dealkylation sites (tertiary alicyclic amines) is 1. The maximum atomic E-state index is 13.3. The number of nitrogens with zero attached hydrogens (tertiary/aromatic N) is 2. The molecule has 2 aliphatic carbocycles. The van der Waals surface area contributed by atoms with Crippen LogP contribution in [-0.2, 0) is 16.0 Å². The molecule has 2 unspecified atom stereocenters. The van der Waals surface area contributed by atoms with Gasteiger partial charge < -0.3 is 14.9 Å². The summed E-state index contributed by atoms with van der Waals surface area (Å²) in [4.78, 5) is 30.2. The molecule has 1 amide bonds. The number of carboxylic acid groups (broad SMARTS) is 1. The molecule has 0 bridgehead atoms. The summed E-state index contributed by atoms with van der Waals surface area (Å²) in [5.74, 6) is 1.20. The number of aliphatic carboxylic acids is 1. The number of rotatable bonds is 13. The van der Waals surface area contributed by atoms with E-state index in [2.05, 4.69) is 77.9 Å². The molecular weight excluding hydrogens is 508 g/mol. The van der Waals surface area contributed by atoms with Gasteiger partial charge in [0.25, 0.3) is 0 Å². The summed E-state index contributed by atoms with van der Waals surface area (Å²) in [5, 5.41) is 10.1. The molecule has 1 heterocycles. The van der Waals surface area contributed by atoms with Crippen LogP contribution >= 0.6 is 0 Å². The highest BCUT2D eigenvalue weighted by atomic mass is 16.4. The van der Waals surface area contributed by atoms with Gasteiger partial charge in [-0.15, -0.1) is 6.58 Å². The van der Waals surface area contributed by atoms with Gasteiger partial charge in [0.2, 0.25) is 5.91 Å². The van der Waals surface area contributed by atoms with Gasteiger partial charge in [0.1, 0.15) is 0 Å². The van der Waals surface area contributed by atoms with Crippen molar-refractivity contribution in [1.82, 2.24) is 9.80 Å². The third-order valence-corrected chi connectivity index (χ3v) is 10.0. The highest BCUT2D eigenvalue weighted by Crippen LogP contribution is 2.49. The van der Waals surface area contributed by atoms with Gasteiger partial charge in [-0.2, -0.15) is 0 Å². The van der Waals surface area contributed by atoms with E-state index in [9.17, 15) is 14.7 Å². The number of carbonyl (C=O) groups excluding carboxylic acids is 1. The number of aryl methyl sites for hydroxylation is 2. The molecule has 1 N–H and O–H groups in total. The van der Waals surface area contributed by atoms with E-state index in [1.807, 2.05) is 6.08 Å². The first-order valence-corrected chi connectivity index (χ1v) is 15.9. The van der Waals surface area contributed by atoms with Crippen LogP contribution in [-0.4, -0.2) is 59.0 Å². The van der Waals surface area contributed by atoms with Crippen LogP contribution in [0.15, 0.2) is 67.3 Å². The smallest absolute Gasteiger partial charge is 0.306 e. The van der Waals surface area contributed by atoms with E-state index in [-0.39, 0.29) is 23.8 Å². The lowest BCUT2D eigenvalue weighted by Crippen LogP contribution is -2.48. The van der Waals surface area contributed by atoms with Crippen molar-refractivity contribution in [1.29, 1.82) is 0 Å². The molecule has 220 valence electrons. The number of carbonyl (C=O) groups is 2. The maximum Gasteiger partial charge on any atom is 0.306 e. The molecule has 0 spiro atoms. The first kappa shape index (κ1) is 29.6. The van der Waals surface area contributed by atoms with Crippen molar-refractivity contribution in [2.45, 2.75) is 76.7 Å². The lowest BCUT2D eigenvalue weighted by Gasteiger charge is -2.39. The van der Waals surface area contributed by atoms with Gasteiger partial charge >= 0.3 is 5.97 Å². The van der Waals surface area contributed by atoms with Crippen LogP contribution in [0, 0.1) is 30.6 Å². The molecular formula is C36H48N2O3. The average molecular weight is 557 g/mol. The number of carboxylic acids is 1. The Kier molecular flexibility index (Phi) is 9.97. The Morgan fingerprint density at radius 1 is 1.02 bits per heavy atom. The van der Waals surface area contributed by atoms with Crippen LogP contribution in [0.1, 0.15) is 74.0 Å². The first-order chi connectivity index (χ1) is 19.9. The van der Waals surface area contributed by atoms with Crippen molar-refractivity contribution in [2.75, 3.05) is 26.2 Å². The lowest BCUT2D eigenvalue weighted by molar-refractivity contribution is -0.144. The highest BCUT2D eigenvalue weighted by molar-refractivity contribution is 5.77. The Labute approximate surface area is 246 Å². The molecule has 2 aromatic rings. The van der Waals surface area contributed by atoms with E-state index < -0.39 is 5.97 Å². The molecule has 3 fully saturated rings. The van der Waals surface area contributed by atoms with Gasteiger partial charge in [-0.3, -0.25) is 9.59 Å². The summed E-state index contributed by atoms with van der Waals surface area (Å²) in [6, 6.07) is 19.5. The predicted molar refractivity (Wildman–Crippen MR) is 165 cm³/mol. The quantitative estimate of drug-likeness (QED) is 0.278. The average Bonchev–Trinajstić information content (AvgIpc) is 3.72. The Morgan fingerprint density at radius 2 is 1.73 bits per heavy atom. The van der Waals surface area contributed by atoms with Crippen molar-refractivity contribution >= 4 is 11.9 Å². The Hall–Kier alpha value is -2.92. The number of hydrogen-bond donors (Lipinski definition) is 1. The van der Waals surface area contributed by atoms with Crippen LogP contribution in [0.5, 0.6) is 0 Å². The minimum atomic E-state index is -0.593. The van der Waals surface area contributed by atoms with Gasteiger partial charge in [0.05, 0.1) is 5.92 Å². The zero-order chi connectivity index (χ0) is 28.8. The molecule has 1 aliphatic heterocycles. The Bertz CT molecular complexity index is 1150. The predicted octanol–water partition coefficient (Wildman–Crippen LogP) is 6.72. The standard InChI is InChI=1S/C36H48N2O3/c1-3-19-38(35(39)16-15-27-11-9-26(2)10-12-27)32-17-20-37(21-18-32)25-31-23-30(34(36(40)41)22-28-13-14-28)24-33(31)29-7-5-4-6-8-29/h3-12,28,30-34H,1,13-25H2,2H3,(H,40,41)/t30?,31-,33-,34?/m1/s1. The van der Waals surface area contributed by atoms with E-state index >= 15 is 0 Å². The van der Waals surface area contributed by atoms with Gasteiger partial charge in [-0.25, -0.2) is 0 Å². The molecule has 0 radical (unpaired) electrons. The van der Waals surface area contributed by atoms with Crippen molar-refractivity contribution in [3.05, 3.63) is 83.9 Å². The molecule has 3 aliphatic rings. The van der Waals surface area contributed by atoms with Gasteiger partial charge in [0.15, 0.2) is 0 Å². The fraction of sp³-hybridized carbons (Fsp3) is 0.556. The van der Waals surface area contributed by atoms with Crippen molar-refractivity contribution in [3.8, 4) is 0 Å². The summed E-state index contributed by atoms with van der Waals surface area (Å²) in [6.07, 6.45) is 10.4. The molecule has 5 nitrogen and oxygen atoms in total. The van der Waals surface area contributed by atoms with Gasteiger partial charge in [0, 0.05) is 38.6 Å². The third-order valence-electron chi connectivity index (χ3n) is 10.0. The van der Waals surface area contributed by atoms with Gasteiger partial charge in [-0.05, 0) is 80.2 Å². The van der Waals surface area contributed by atoms with E-state index in [4.69, 9.17) is 0 Å². The minimum Gasteiger partial charge on any atom is -0.481 e. The largest absolute Gasteiger partial charge is 0.481 e. The van der Waals surface area contributed by atoms with Crippen molar-refractivity contribution in [3.63, 3.8) is 0 Å². The number of piperidine rings is 1. The summed E-state index contributed by atoms with van der Waals surface area (Å²) in [6.45, 7) is 9.61. The van der Waals surface area contributed by atoms with Crippen LogP contribution < -0.4 is 0 Å². The third kappa shape index (κ3) is 7.88. The first-order valence-electron chi connectivity index (χ1n) is 15.9. The summed E-state index contributed by atoms with van der Waals surface area (Å²) in [5.41, 5.74) is 3.81. The van der Waals surface area contributed by atoms with Crippen molar-refractivity contribution in [2.24, 2.45) is 23.7 Å². The molecule has 0 aromatic heterocycles. The highest BCUT2D eigenvalue weighted by Gasteiger charge is 2.43. The maximum absolute atomic E-state index is 13.3. The van der Waals surface area contributed by atoms with E-state index in [0.717, 1.165) is 58.2 Å². The van der Waals surface area contributed by atoms with E-state index in [1.54, 1.807) is 0 Å². The lowest BCUT2D eigenvalue weighted by atomic mass is 9.85. The second-order valence-electron chi connectivity index (χ2n) is 13.0. The molecule has 5 heteroatoms. The number of benzene rings is 2. The molecule has 1 saturated heterocycles. The van der Waals surface area contributed by atoms with Gasteiger partial charge in [-0.1, -0.05) is 79.1 Å². The molecule has 5 rings (SSSR count).